The van der Waals surface area contributed by atoms with Crippen molar-refractivity contribution in [2.45, 2.75) is 38.6 Å². The second-order valence-electron chi connectivity index (χ2n) is 11.1. The lowest BCUT2D eigenvalue weighted by molar-refractivity contribution is -0.595. The molecule has 2 amide bonds. The number of quaternary nitrogens is 2. The highest BCUT2D eigenvalue weighted by molar-refractivity contribution is 7.81. The number of rotatable bonds is 9. The van der Waals surface area contributed by atoms with E-state index in [1.54, 1.807) is 57.7 Å². The number of aromatic nitrogens is 1. The maximum atomic E-state index is 13.5. The summed E-state index contributed by atoms with van der Waals surface area (Å²) in [7, 11) is 0. The van der Waals surface area contributed by atoms with Crippen LogP contribution >= 0.6 is 0 Å². The maximum absolute atomic E-state index is 13.5. The van der Waals surface area contributed by atoms with Gasteiger partial charge in [-0.1, -0.05) is 17.7 Å². The molecular weight excluding hydrogens is 594 g/mol. The number of carbonyl (C=O) groups excluding carboxylic acids is 2. The number of para-hydroxylation sites is 1. The first-order valence-corrected chi connectivity index (χ1v) is 16.1. The number of aromatic hydroxyl groups is 1. The molecule has 0 bridgehead atoms. The summed E-state index contributed by atoms with van der Waals surface area (Å²) in [4.78, 5) is 33.6. The van der Waals surface area contributed by atoms with Crippen molar-refractivity contribution >= 4 is 34.5 Å². The van der Waals surface area contributed by atoms with Crippen molar-refractivity contribution in [2.75, 3.05) is 26.2 Å². The van der Waals surface area contributed by atoms with Crippen LogP contribution in [-0.4, -0.2) is 67.9 Å². The van der Waals surface area contributed by atoms with Gasteiger partial charge in [-0.2, -0.15) is 0 Å². The second kappa shape index (κ2) is 14.6. The lowest BCUT2D eigenvalue weighted by Gasteiger charge is -2.34. The Balaban J connectivity index is 1.29. The highest BCUT2D eigenvalue weighted by Gasteiger charge is 2.30. The van der Waals surface area contributed by atoms with Gasteiger partial charge in [-0.05, 0) is 75.6 Å². The average Bonchev–Trinajstić information content (AvgIpc) is 3.72. The third-order valence-electron chi connectivity index (χ3n) is 7.97. The quantitative estimate of drug-likeness (QED) is 0.0918. The Morgan fingerprint density at radius 2 is 1.78 bits per heavy atom. The van der Waals surface area contributed by atoms with Gasteiger partial charge < -0.3 is 19.3 Å². The minimum Gasteiger partial charge on any atom is -0.502 e. The van der Waals surface area contributed by atoms with Crippen molar-refractivity contribution in [1.29, 1.82) is 0 Å². The molecule has 0 radical (unpaired) electrons. The molecule has 12 nitrogen and oxygen atoms in total. The number of hydrogen-bond acceptors (Lipinski definition) is 6. The molecule has 3 aromatic rings. The van der Waals surface area contributed by atoms with E-state index in [9.17, 15) is 18.9 Å². The van der Waals surface area contributed by atoms with E-state index in [2.05, 4.69) is 22.0 Å². The molecule has 1 saturated carbocycles. The fourth-order valence-electron chi connectivity index (χ4n) is 5.60. The molecule has 5 rings (SSSR count). The van der Waals surface area contributed by atoms with Crippen LogP contribution < -0.4 is 15.8 Å². The first-order chi connectivity index (χ1) is 21.7. The molecule has 3 heterocycles. The van der Waals surface area contributed by atoms with Gasteiger partial charge in [0.15, 0.2) is 23.2 Å². The number of phenols is 1. The first-order valence-electron chi connectivity index (χ1n) is 14.9. The number of allylic oxidation sites excluding steroid dienone is 1. The number of furan rings is 1. The summed E-state index contributed by atoms with van der Waals surface area (Å²) in [6, 6.07) is 13.6. The van der Waals surface area contributed by atoms with Crippen molar-refractivity contribution in [3.8, 4) is 5.75 Å². The molecule has 2 aliphatic rings. The van der Waals surface area contributed by atoms with E-state index in [-0.39, 0.29) is 35.0 Å². The SMILES string of the molecule is C=C([NH2+]c1cccc(C(=O)N2CCN(C(=O)c3ccccn3)CC2)c1O)/C(=N\S(N)=O)[NH2+]C(C=C1CCCC1)c1ccc(C)o1. The zero-order valence-corrected chi connectivity index (χ0v) is 26.0. The smallest absolute Gasteiger partial charge is 0.297 e. The van der Waals surface area contributed by atoms with Crippen molar-refractivity contribution in [3.63, 3.8) is 0 Å². The summed E-state index contributed by atoms with van der Waals surface area (Å²) in [5, 5.41) is 20.2. The Morgan fingerprint density at radius 1 is 1.07 bits per heavy atom. The van der Waals surface area contributed by atoms with Crippen LogP contribution in [0.15, 0.2) is 87.5 Å². The number of amidine groups is 1. The predicted molar refractivity (Wildman–Crippen MR) is 169 cm³/mol. The Morgan fingerprint density at radius 3 is 2.40 bits per heavy atom. The van der Waals surface area contributed by atoms with Gasteiger partial charge in [0.1, 0.15) is 11.5 Å². The minimum absolute atomic E-state index is 0.126. The molecule has 2 aromatic heterocycles. The van der Waals surface area contributed by atoms with Gasteiger partial charge in [0, 0.05) is 38.4 Å². The normalized spacial score (nSPS) is 16.8. The van der Waals surface area contributed by atoms with Gasteiger partial charge in [0.05, 0.1) is 5.56 Å². The lowest BCUT2D eigenvalue weighted by Crippen LogP contribution is -2.94. The van der Waals surface area contributed by atoms with Crippen LogP contribution in [0, 0.1) is 6.92 Å². The Labute approximate surface area is 264 Å². The minimum atomic E-state index is -2.02. The number of carbonyl (C=O) groups is 2. The summed E-state index contributed by atoms with van der Waals surface area (Å²) in [5.74, 6) is 1.03. The largest absolute Gasteiger partial charge is 0.502 e. The summed E-state index contributed by atoms with van der Waals surface area (Å²) >= 11 is -2.02. The number of nitrogens with zero attached hydrogens (tertiary/aromatic N) is 4. The molecule has 1 aromatic carbocycles. The molecule has 2 fully saturated rings. The summed E-state index contributed by atoms with van der Waals surface area (Å²) in [5.41, 5.74) is 2.50. The summed E-state index contributed by atoms with van der Waals surface area (Å²) in [6.07, 6.45) is 8.01. The van der Waals surface area contributed by atoms with Gasteiger partial charge in [0.25, 0.3) is 17.6 Å². The van der Waals surface area contributed by atoms with Gasteiger partial charge in [-0.25, -0.2) is 9.35 Å². The molecule has 45 heavy (non-hydrogen) atoms. The number of amides is 2. The Hall–Kier alpha value is -4.43. The number of phenolic OH excluding ortho intramolecular Hbond substituents is 1. The monoisotopic (exact) mass is 633 g/mol. The van der Waals surface area contributed by atoms with E-state index in [0.29, 0.717) is 49.0 Å². The van der Waals surface area contributed by atoms with Gasteiger partial charge in [-0.3, -0.25) is 25.2 Å². The summed E-state index contributed by atoms with van der Waals surface area (Å²) in [6.45, 7) is 7.34. The highest BCUT2D eigenvalue weighted by atomic mass is 32.2. The molecule has 1 saturated heterocycles. The van der Waals surface area contributed by atoms with E-state index in [4.69, 9.17) is 9.56 Å². The molecule has 236 valence electrons. The Kier molecular flexibility index (Phi) is 10.4. The molecule has 2 atom stereocenters. The third-order valence-corrected chi connectivity index (χ3v) is 8.35. The van der Waals surface area contributed by atoms with Gasteiger partial charge in [-0.15, -0.1) is 4.40 Å². The Bertz CT molecular complexity index is 1640. The lowest BCUT2D eigenvalue weighted by atomic mass is 10.1. The molecule has 1 aliphatic carbocycles. The fourth-order valence-corrected chi connectivity index (χ4v) is 5.98. The highest BCUT2D eigenvalue weighted by Crippen LogP contribution is 2.28. The molecule has 1 aliphatic heterocycles. The third kappa shape index (κ3) is 8.00. The maximum Gasteiger partial charge on any atom is 0.297 e. The molecule has 13 heteroatoms. The topological polar surface area (TPSA) is 176 Å². The number of hydrogen-bond donors (Lipinski definition) is 4. The van der Waals surface area contributed by atoms with Crippen molar-refractivity contribution in [3.05, 3.63) is 101 Å². The predicted octanol–water partition coefficient (Wildman–Crippen LogP) is 1.74. The number of aryl methyl sites for hydroxylation is 1. The molecule has 2 unspecified atom stereocenters. The molecule has 7 N–H and O–H groups in total. The van der Waals surface area contributed by atoms with E-state index in [1.165, 1.54) is 5.57 Å². The molecule has 0 spiro atoms. The summed E-state index contributed by atoms with van der Waals surface area (Å²) < 4.78 is 22.1. The zero-order chi connectivity index (χ0) is 31.9. The fraction of sp³-hybridized carbons (Fsp3) is 0.312. The van der Waals surface area contributed by atoms with Crippen molar-refractivity contribution in [1.82, 2.24) is 14.8 Å². The first kappa shape index (κ1) is 32.0. The van der Waals surface area contributed by atoms with Crippen LogP contribution in [0.3, 0.4) is 0 Å². The second-order valence-corrected chi connectivity index (χ2v) is 11.9. The number of piperazine rings is 1. The number of pyridine rings is 1. The van der Waals surface area contributed by atoms with Crippen LogP contribution in [0.1, 0.15) is 64.1 Å². The average molecular weight is 634 g/mol. The van der Waals surface area contributed by atoms with E-state index in [1.807, 2.05) is 24.4 Å². The van der Waals surface area contributed by atoms with Crippen LogP contribution in [0.4, 0.5) is 5.69 Å². The van der Waals surface area contributed by atoms with Crippen LogP contribution in [0.25, 0.3) is 0 Å². The number of benzene rings is 1. The van der Waals surface area contributed by atoms with Crippen LogP contribution in [-0.2, 0) is 11.2 Å². The molecular formula is C32H39N7O5S+2. The standard InChI is InChI=1S/C32H37N7O5S/c1-21-13-14-28(44-21)27(20-23-8-3-4-9-23)36-30(37-45(33)43)22(2)35-25-12-7-10-24(29(25)40)31(41)38-16-18-39(19-17-38)32(42)26-11-5-6-15-34-26/h5-7,10-15,20,27,35,40H,2-4,8-9,16-19,33H2,1H3,(H,36,37)/p+2. The van der Waals surface area contributed by atoms with Crippen LogP contribution in [0.5, 0.6) is 5.75 Å². The zero-order valence-electron chi connectivity index (χ0n) is 25.2. The van der Waals surface area contributed by atoms with E-state index in [0.717, 1.165) is 31.4 Å². The van der Waals surface area contributed by atoms with Gasteiger partial charge >= 0.3 is 0 Å². The van der Waals surface area contributed by atoms with E-state index >= 15 is 0 Å². The van der Waals surface area contributed by atoms with Crippen molar-refractivity contribution in [2.24, 2.45) is 9.54 Å². The van der Waals surface area contributed by atoms with Crippen LogP contribution in [0.2, 0.25) is 0 Å². The number of nitrogens with two attached hydrogens (primary N) is 3. The van der Waals surface area contributed by atoms with Gasteiger partial charge in [0.2, 0.25) is 16.9 Å². The van der Waals surface area contributed by atoms with E-state index < -0.39 is 11.2 Å². The van der Waals surface area contributed by atoms with Crippen molar-refractivity contribution < 1.29 is 34.0 Å².